The van der Waals surface area contributed by atoms with Crippen molar-refractivity contribution in [2.75, 3.05) is 38.3 Å². The maximum absolute atomic E-state index is 10.7. The van der Waals surface area contributed by atoms with Crippen molar-refractivity contribution in [3.63, 3.8) is 0 Å². The van der Waals surface area contributed by atoms with Crippen LogP contribution < -0.4 is 14.9 Å². The molecule has 1 heterocycles. The molecule has 1 rings (SSSR count). The van der Waals surface area contributed by atoms with Crippen LogP contribution in [0.25, 0.3) is 6.08 Å². The summed E-state index contributed by atoms with van der Waals surface area (Å²) in [4.78, 5) is 15.3. The molecule has 0 bridgehead atoms. The highest BCUT2D eigenvalue weighted by Gasteiger charge is 2.07. The van der Waals surface area contributed by atoms with Gasteiger partial charge < -0.3 is 10.2 Å². The normalized spacial score (nSPS) is 11.3. The molecule has 0 aromatic carbocycles. The summed E-state index contributed by atoms with van der Waals surface area (Å²) in [6.07, 6.45) is 3.96. The number of anilines is 1. The van der Waals surface area contributed by atoms with Gasteiger partial charge in [0.05, 0.1) is 9.91 Å². The van der Waals surface area contributed by atoms with Crippen LogP contribution in [-0.4, -0.2) is 44.0 Å². The van der Waals surface area contributed by atoms with Crippen LogP contribution in [0.1, 0.15) is 4.88 Å². The Bertz CT molecular complexity index is 501. The van der Waals surface area contributed by atoms with Crippen molar-refractivity contribution in [1.29, 1.82) is 0 Å². The highest BCUT2D eigenvalue weighted by atomic mass is 32.2. The lowest BCUT2D eigenvalue weighted by Crippen LogP contribution is -2.25. The molecule has 21 heavy (non-hydrogen) atoms. The molecule has 4 nitrogen and oxygen atoms in total. The number of thioether (sulfide) groups is 1. The first kappa shape index (κ1) is 18.5. The first-order valence-electron chi connectivity index (χ1n) is 6.23. The number of hydrogen-bond donors (Lipinski definition) is 2. The van der Waals surface area contributed by atoms with E-state index in [1.807, 2.05) is 18.4 Å². The van der Waals surface area contributed by atoms with Gasteiger partial charge in [-0.15, -0.1) is 11.3 Å². The predicted octanol–water partition coefficient (Wildman–Crippen LogP) is 2.86. The van der Waals surface area contributed by atoms with Crippen LogP contribution in [0.15, 0.2) is 17.0 Å². The zero-order chi connectivity index (χ0) is 15.7. The molecule has 1 aromatic rings. The highest BCUT2D eigenvalue weighted by molar-refractivity contribution is 8.16. The van der Waals surface area contributed by atoms with E-state index in [1.165, 1.54) is 5.00 Å². The summed E-state index contributed by atoms with van der Waals surface area (Å²) in [6.45, 7) is 1.87. The average molecular weight is 362 g/mol. The second kappa shape index (κ2) is 10.2. The van der Waals surface area contributed by atoms with E-state index in [9.17, 15) is 4.79 Å². The van der Waals surface area contributed by atoms with Gasteiger partial charge in [0.1, 0.15) is 4.99 Å². The summed E-state index contributed by atoms with van der Waals surface area (Å²) in [6, 6.07) is 4.13. The smallest absolute Gasteiger partial charge is 0.181 e. The molecular weight excluding hydrogens is 342 g/mol. The molecule has 0 spiro atoms. The van der Waals surface area contributed by atoms with Crippen molar-refractivity contribution in [2.45, 2.75) is 0 Å². The lowest BCUT2D eigenvalue weighted by Gasteiger charge is -2.16. The zero-order valence-electron chi connectivity index (χ0n) is 12.2. The summed E-state index contributed by atoms with van der Waals surface area (Å²) in [5.74, 6) is 0. The van der Waals surface area contributed by atoms with Gasteiger partial charge in [-0.2, -0.15) is 0 Å². The molecule has 116 valence electrons. The fraction of sp³-hybridized carbons (Fsp3) is 0.385. The molecule has 0 atom stereocenters. The van der Waals surface area contributed by atoms with Crippen LogP contribution in [0, 0.1) is 0 Å². The largest absolute Gasteiger partial charge is 0.378 e. The minimum atomic E-state index is 0.583. The molecule has 0 aliphatic heterocycles. The number of nitrogens with one attached hydrogen (secondary N) is 2. The summed E-state index contributed by atoms with van der Waals surface area (Å²) in [5, 5.41) is 4.09. The third-order valence-electron chi connectivity index (χ3n) is 2.58. The predicted molar refractivity (Wildman–Crippen MR) is 103 cm³/mol. The van der Waals surface area contributed by atoms with Crippen LogP contribution in [0.2, 0.25) is 0 Å². The van der Waals surface area contributed by atoms with Gasteiger partial charge in [0.2, 0.25) is 0 Å². The molecule has 0 aliphatic carbocycles. The standard InChI is InChI=1S/C13H19N3OS4/c1-14-13(18)11(20-9-17)8-10-4-5-12(21-10)16(2)7-6-15-19-3/h4-5,8-9,15H,6-7H2,1-3H3,(H,14,18)/b11-8-. The van der Waals surface area contributed by atoms with E-state index in [1.54, 1.807) is 30.3 Å². The number of thiocarbonyl (C=S) groups is 1. The van der Waals surface area contributed by atoms with E-state index >= 15 is 0 Å². The van der Waals surface area contributed by atoms with Crippen molar-refractivity contribution >= 4 is 68.9 Å². The van der Waals surface area contributed by atoms with Gasteiger partial charge in [-0.1, -0.05) is 35.9 Å². The molecular formula is C13H19N3OS4. The highest BCUT2D eigenvalue weighted by Crippen LogP contribution is 2.28. The number of carbonyl (C=O) groups excluding carboxylic acids is 1. The van der Waals surface area contributed by atoms with E-state index in [-0.39, 0.29) is 0 Å². The van der Waals surface area contributed by atoms with Gasteiger partial charge in [-0.05, 0) is 24.5 Å². The fourth-order valence-corrected chi connectivity index (χ4v) is 3.53. The van der Waals surface area contributed by atoms with Gasteiger partial charge >= 0.3 is 0 Å². The van der Waals surface area contributed by atoms with Crippen molar-refractivity contribution < 1.29 is 4.79 Å². The quantitative estimate of drug-likeness (QED) is 0.230. The molecule has 0 fully saturated rings. The maximum atomic E-state index is 10.7. The molecule has 1 aromatic heterocycles. The third-order valence-corrected chi connectivity index (χ3v) is 5.45. The lowest BCUT2D eigenvalue weighted by atomic mass is 10.4. The first-order valence-corrected chi connectivity index (χ1v) is 9.56. The monoisotopic (exact) mass is 361 g/mol. The zero-order valence-corrected chi connectivity index (χ0v) is 15.5. The summed E-state index contributed by atoms with van der Waals surface area (Å²) in [5.41, 5.74) is 0.796. The lowest BCUT2D eigenvalue weighted by molar-refractivity contribution is 0.570. The molecule has 2 N–H and O–H groups in total. The Morgan fingerprint density at radius 1 is 1.52 bits per heavy atom. The minimum Gasteiger partial charge on any atom is -0.378 e. The fourth-order valence-electron chi connectivity index (χ4n) is 1.51. The van der Waals surface area contributed by atoms with Gasteiger partial charge in [0.15, 0.2) is 5.62 Å². The van der Waals surface area contributed by atoms with Crippen molar-refractivity contribution in [2.24, 2.45) is 0 Å². The number of hydrogen-bond acceptors (Lipinski definition) is 7. The van der Waals surface area contributed by atoms with Crippen LogP contribution in [0.4, 0.5) is 5.00 Å². The van der Waals surface area contributed by atoms with E-state index < -0.39 is 0 Å². The SMILES string of the molecule is CNC(=S)/C(=C/c1ccc(N(C)CCNSC)s1)SC=O. The van der Waals surface area contributed by atoms with Crippen LogP contribution in [0.3, 0.4) is 0 Å². The number of rotatable bonds is 9. The number of likely N-dealkylation sites (N-methyl/N-ethyl adjacent to an activating group) is 2. The Morgan fingerprint density at radius 2 is 2.29 bits per heavy atom. The second-order valence-corrected chi connectivity index (χ2v) is 7.06. The molecule has 0 saturated carbocycles. The summed E-state index contributed by atoms with van der Waals surface area (Å²) >= 11 is 9.59. The van der Waals surface area contributed by atoms with Crippen LogP contribution >= 0.6 is 47.3 Å². The molecule has 0 unspecified atom stereocenters. The van der Waals surface area contributed by atoms with Crippen molar-refractivity contribution in [3.8, 4) is 0 Å². The molecule has 8 heteroatoms. The number of thiophene rings is 1. The van der Waals surface area contributed by atoms with Crippen LogP contribution in [-0.2, 0) is 4.79 Å². The second-order valence-electron chi connectivity index (χ2n) is 4.00. The van der Waals surface area contributed by atoms with Gasteiger partial charge in [0, 0.05) is 32.1 Å². The van der Waals surface area contributed by atoms with Gasteiger partial charge in [-0.3, -0.25) is 9.52 Å². The van der Waals surface area contributed by atoms with E-state index in [4.69, 9.17) is 12.2 Å². The topological polar surface area (TPSA) is 44.4 Å². The Labute approximate surface area is 143 Å². The Morgan fingerprint density at radius 3 is 2.90 bits per heavy atom. The van der Waals surface area contributed by atoms with Gasteiger partial charge in [0.25, 0.3) is 0 Å². The summed E-state index contributed by atoms with van der Waals surface area (Å²) in [7, 11) is 3.83. The molecule has 0 radical (unpaired) electrons. The van der Waals surface area contributed by atoms with Crippen LogP contribution in [0.5, 0.6) is 0 Å². The molecule has 0 amide bonds. The van der Waals surface area contributed by atoms with Crippen molar-refractivity contribution in [1.82, 2.24) is 10.0 Å². The number of nitrogens with zero attached hydrogens (tertiary/aromatic N) is 1. The minimum absolute atomic E-state index is 0.583. The molecule has 0 aliphatic rings. The Balaban J connectivity index is 2.76. The Kier molecular flexibility index (Phi) is 9.02. The first-order chi connectivity index (χ1) is 10.1. The number of carbonyl (C=O) groups is 1. The Hall–Kier alpha value is -0.540. The van der Waals surface area contributed by atoms with Crippen molar-refractivity contribution in [3.05, 3.63) is 21.9 Å². The van der Waals surface area contributed by atoms with E-state index in [0.29, 0.717) is 4.99 Å². The third kappa shape index (κ3) is 6.39. The molecule has 0 saturated heterocycles. The van der Waals surface area contributed by atoms with E-state index in [2.05, 4.69) is 28.1 Å². The van der Waals surface area contributed by atoms with E-state index in [0.717, 1.165) is 40.3 Å². The summed E-state index contributed by atoms with van der Waals surface area (Å²) < 4.78 is 3.23. The average Bonchev–Trinajstić information content (AvgIpc) is 2.95. The maximum Gasteiger partial charge on any atom is 0.181 e. The van der Waals surface area contributed by atoms with Gasteiger partial charge in [-0.25, -0.2) is 0 Å².